The standard InChI is InChI=1S/C41H60O16/c1-19(2)13-22(45)14-23(35(51)53-8)31-26(46)16-41(18-54-20(3)43)24-9-10-28-38(5,25(24)15-29(47)40(31,41)7)12-11-30(55-21(4)44)39(28,6)37(52)57-36-34(50)33(49)32(48)27(17-42)56-36/h9,13,23,25-34,36,42,46-50H,10-12,14-18H2,1-8H3. The molecule has 0 aromatic heterocycles. The van der Waals surface area contributed by atoms with Gasteiger partial charge in [-0.05, 0) is 76.2 Å². The number of methoxy groups -OCH3 is 1. The Morgan fingerprint density at radius 1 is 0.947 bits per heavy atom. The lowest BCUT2D eigenvalue weighted by Gasteiger charge is -2.65. The first-order valence-electron chi connectivity index (χ1n) is 19.7. The van der Waals surface area contributed by atoms with Crippen LogP contribution >= 0.6 is 0 Å². The van der Waals surface area contributed by atoms with Gasteiger partial charge in [0.2, 0.25) is 6.29 Å². The Morgan fingerprint density at radius 3 is 2.19 bits per heavy atom. The van der Waals surface area contributed by atoms with Crippen molar-refractivity contribution in [1.82, 2.24) is 0 Å². The van der Waals surface area contributed by atoms with Crippen LogP contribution in [0.2, 0.25) is 0 Å². The summed E-state index contributed by atoms with van der Waals surface area (Å²) in [6.45, 7) is 10.3. The van der Waals surface area contributed by atoms with E-state index < -0.39 is 125 Å². The number of hydrogen-bond donors (Lipinski definition) is 6. The number of rotatable bonds is 11. The maximum absolute atomic E-state index is 14.6. The third-order valence-electron chi connectivity index (χ3n) is 14.4. The van der Waals surface area contributed by atoms with Gasteiger partial charge in [0.1, 0.15) is 42.5 Å². The second kappa shape index (κ2) is 16.4. The van der Waals surface area contributed by atoms with Crippen LogP contribution in [0.4, 0.5) is 0 Å². The molecular weight excluding hydrogens is 748 g/mol. The van der Waals surface area contributed by atoms with Crippen LogP contribution in [-0.2, 0) is 47.7 Å². The molecule has 57 heavy (non-hydrogen) atoms. The highest BCUT2D eigenvalue weighted by molar-refractivity contribution is 5.93. The second-order valence-electron chi connectivity index (χ2n) is 17.7. The third kappa shape index (κ3) is 7.37. The van der Waals surface area contributed by atoms with Gasteiger partial charge in [0.25, 0.3) is 0 Å². The average molecular weight is 809 g/mol. The molecular formula is C41H60O16. The van der Waals surface area contributed by atoms with Gasteiger partial charge < -0.3 is 54.3 Å². The van der Waals surface area contributed by atoms with Gasteiger partial charge in [0, 0.05) is 37.0 Å². The highest BCUT2D eigenvalue weighted by atomic mass is 16.7. The van der Waals surface area contributed by atoms with Crippen LogP contribution in [-0.4, -0.2) is 130 Å². The molecule has 16 heteroatoms. The summed E-state index contributed by atoms with van der Waals surface area (Å²) in [6, 6.07) is 0. The molecule has 5 rings (SSSR count). The highest BCUT2D eigenvalue weighted by Crippen LogP contribution is 2.74. The minimum Gasteiger partial charge on any atom is -0.469 e. The Balaban J connectivity index is 1.62. The molecule has 0 amide bonds. The molecule has 3 saturated carbocycles. The van der Waals surface area contributed by atoms with Crippen LogP contribution in [0.25, 0.3) is 0 Å². The number of carbonyl (C=O) groups excluding carboxylic acids is 5. The van der Waals surface area contributed by atoms with Crippen molar-refractivity contribution in [2.24, 2.45) is 45.3 Å². The molecule has 16 atom stereocenters. The summed E-state index contributed by atoms with van der Waals surface area (Å²) >= 11 is 0. The molecule has 4 fully saturated rings. The van der Waals surface area contributed by atoms with E-state index in [0.29, 0.717) is 12.0 Å². The number of allylic oxidation sites excluding steroid dienone is 3. The zero-order valence-corrected chi connectivity index (χ0v) is 34.0. The fourth-order valence-corrected chi connectivity index (χ4v) is 11.7. The number of ether oxygens (including phenoxy) is 5. The summed E-state index contributed by atoms with van der Waals surface area (Å²) in [7, 11) is 1.19. The maximum Gasteiger partial charge on any atom is 0.318 e. The minimum atomic E-state index is -1.88. The van der Waals surface area contributed by atoms with Crippen molar-refractivity contribution >= 4 is 29.7 Å². The first kappa shape index (κ1) is 44.8. The molecule has 16 nitrogen and oxygen atoms in total. The van der Waals surface area contributed by atoms with Gasteiger partial charge >= 0.3 is 23.9 Å². The fourth-order valence-electron chi connectivity index (χ4n) is 11.7. The van der Waals surface area contributed by atoms with Crippen LogP contribution in [0.1, 0.15) is 87.0 Å². The Kier molecular flexibility index (Phi) is 12.9. The van der Waals surface area contributed by atoms with E-state index in [-0.39, 0.29) is 44.5 Å². The molecule has 1 aliphatic heterocycles. The topological polar surface area (TPSA) is 253 Å². The molecule has 16 unspecified atom stereocenters. The van der Waals surface area contributed by atoms with Crippen molar-refractivity contribution in [3.8, 4) is 0 Å². The molecule has 0 bridgehead atoms. The smallest absolute Gasteiger partial charge is 0.318 e. The lowest BCUT2D eigenvalue weighted by atomic mass is 9.40. The Bertz CT molecular complexity index is 1650. The van der Waals surface area contributed by atoms with Crippen LogP contribution in [0.3, 0.4) is 0 Å². The van der Waals surface area contributed by atoms with Crippen molar-refractivity contribution in [2.45, 2.75) is 136 Å². The SMILES string of the molecule is COC(=O)C(CC(=O)C=C(C)C)C1C(O)CC2(COC(C)=O)C3=CCC4C(C)(CCC(OC(C)=O)C4(C)C(=O)OC4OC(CO)C(O)C(O)C4O)C3CC(O)C12C. The van der Waals surface area contributed by atoms with E-state index in [1.165, 1.54) is 27.0 Å². The summed E-state index contributed by atoms with van der Waals surface area (Å²) in [6.07, 6.45) is -8.21. The third-order valence-corrected chi connectivity index (χ3v) is 14.4. The number of aliphatic hydroxyl groups excluding tert-OH is 6. The van der Waals surface area contributed by atoms with E-state index in [0.717, 1.165) is 5.57 Å². The zero-order chi connectivity index (χ0) is 42.6. The number of hydrogen-bond acceptors (Lipinski definition) is 16. The molecule has 6 N–H and O–H groups in total. The molecule has 5 aliphatic rings. The molecule has 0 spiro atoms. The largest absolute Gasteiger partial charge is 0.469 e. The zero-order valence-electron chi connectivity index (χ0n) is 34.0. The highest BCUT2D eigenvalue weighted by Gasteiger charge is 2.74. The fraction of sp³-hybridized carbons (Fsp3) is 0.780. The number of carbonyl (C=O) groups is 5. The van der Waals surface area contributed by atoms with Crippen LogP contribution in [0, 0.1) is 45.3 Å². The van der Waals surface area contributed by atoms with Gasteiger partial charge in [0.05, 0.1) is 31.8 Å². The predicted octanol–water partition coefficient (Wildman–Crippen LogP) is 1.05. The van der Waals surface area contributed by atoms with Gasteiger partial charge in [-0.1, -0.05) is 31.1 Å². The van der Waals surface area contributed by atoms with Gasteiger partial charge in [0.15, 0.2) is 5.78 Å². The van der Waals surface area contributed by atoms with Crippen LogP contribution in [0.15, 0.2) is 23.3 Å². The first-order chi connectivity index (χ1) is 26.5. The summed E-state index contributed by atoms with van der Waals surface area (Å²) in [4.78, 5) is 66.3. The summed E-state index contributed by atoms with van der Waals surface area (Å²) < 4.78 is 28.0. The number of fused-ring (bicyclic) bond motifs is 5. The summed E-state index contributed by atoms with van der Waals surface area (Å²) in [5, 5.41) is 65.8. The minimum absolute atomic E-state index is 0.0294. The lowest BCUT2D eigenvalue weighted by Crippen LogP contribution is -2.66. The summed E-state index contributed by atoms with van der Waals surface area (Å²) in [5.74, 6) is -6.59. The van der Waals surface area contributed by atoms with Gasteiger partial charge in [-0.25, -0.2) is 0 Å². The Morgan fingerprint density at radius 2 is 1.61 bits per heavy atom. The van der Waals surface area contributed by atoms with Crippen LogP contribution in [0.5, 0.6) is 0 Å². The maximum atomic E-state index is 14.6. The molecule has 320 valence electrons. The van der Waals surface area contributed by atoms with Crippen molar-refractivity contribution in [1.29, 1.82) is 0 Å². The van der Waals surface area contributed by atoms with Crippen molar-refractivity contribution in [3.05, 3.63) is 23.3 Å². The molecule has 1 saturated heterocycles. The van der Waals surface area contributed by atoms with Gasteiger partial charge in [-0.2, -0.15) is 0 Å². The quantitative estimate of drug-likeness (QED) is 0.0738. The monoisotopic (exact) mass is 808 g/mol. The Labute approximate surface area is 332 Å². The van der Waals surface area contributed by atoms with E-state index >= 15 is 0 Å². The number of esters is 4. The first-order valence-corrected chi connectivity index (χ1v) is 19.7. The van der Waals surface area contributed by atoms with Crippen molar-refractivity contribution in [3.63, 3.8) is 0 Å². The van der Waals surface area contributed by atoms with E-state index in [1.54, 1.807) is 27.7 Å². The van der Waals surface area contributed by atoms with Crippen molar-refractivity contribution < 1.29 is 78.3 Å². The molecule has 4 aliphatic carbocycles. The van der Waals surface area contributed by atoms with E-state index in [1.807, 2.05) is 13.0 Å². The van der Waals surface area contributed by atoms with Gasteiger partial charge in [-0.3, -0.25) is 24.0 Å². The van der Waals surface area contributed by atoms with Crippen LogP contribution < -0.4 is 0 Å². The average Bonchev–Trinajstić information content (AvgIpc) is 3.37. The predicted molar refractivity (Wildman–Crippen MR) is 197 cm³/mol. The number of ketones is 1. The second-order valence-corrected chi connectivity index (χ2v) is 17.7. The molecule has 0 radical (unpaired) electrons. The van der Waals surface area contributed by atoms with E-state index in [9.17, 15) is 54.6 Å². The normalized spacial score (nSPS) is 42.8. The lowest BCUT2D eigenvalue weighted by molar-refractivity contribution is -0.299. The molecule has 1 heterocycles. The van der Waals surface area contributed by atoms with Crippen molar-refractivity contribution in [2.75, 3.05) is 20.3 Å². The van der Waals surface area contributed by atoms with E-state index in [4.69, 9.17) is 23.7 Å². The number of aliphatic hydroxyl groups is 6. The Hall–Kier alpha value is -3.25. The molecule has 0 aromatic carbocycles. The van der Waals surface area contributed by atoms with Gasteiger partial charge in [-0.15, -0.1) is 0 Å². The van der Waals surface area contributed by atoms with E-state index in [2.05, 4.69) is 0 Å². The molecule has 0 aromatic rings. The summed E-state index contributed by atoms with van der Waals surface area (Å²) in [5.41, 5.74) is -3.56.